The van der Waals surface area contributed by atoms with Crippen LogP contribution >= 0.6 is 0 Å². The van der Waals surface area contributed by atoms with Crippen LogP contribution in [-0.4, -0.2) is 61.2 Å². The molecule has 0 unspecified atom stereocenters. The minimum absolute atomic E-state index is 0.277. The Labute approximate surface area is 160 Å². The fourth-order valence-electron chi connectivity index (χ4n) is 3.08. The normalized spacial score (nSPS) is 12.5. The number of ether oxygens (including phenoxy) is 2. The van der Waals surface area contributed by atoms with Crippen LogP contribution in [0.1, 0.15) is 19.4 Å². The van der Waals surface area contributed by atoms with Crippen LogP contribution in [0.4, 0.5) is 0 Å². The van der Waals surface area contributed by atoms with Crippen molar-refractivity contribution in [2.75, 3.05) is 32.9 Å². The summed E-state index contributed by atoms with van der Waals surface area (Å²) in [6.45, 7) is 5.10. The van der Waals surface area contributed by atoms with Crippen molar-refractivity contribution in [2.45, 2.75) is 32.6 Å². The Morgan fingerprint density at radius 2 is 1.78 bits per heavy atom. The van der Waals surface area contributed by atoms with Gasteiger partial charge in [0.25, 0.3) is 0 Å². The topological polar surface area (TPSA) is 85.0 Å². The highest BCUT2D eigenvalue weighted by Gasteiger charge is 2.24. The summed E-state index contributed by atoms with van der Waals surface area (Å²) in [7, 11) is 0. The predicted molar refractivity (Wildman–Crippen MR) is 106 cm³/mol. The number of nitrogens with two attached hydrogens (primary N) is 1. The van der Waals surface area contributed by atoms with Gasteiger partial charge in [-0.1, -0.05) is 42.5 Å². The van der Waals surface area contributed by atoms with Gasteiger partial charge < -0.3 is 25.2 Å². The van der Waals surface area contributed by atoms with E-state index in [1.807, 2.05) is 32.0 Å². The van der Waals surface area contributed by atoms with Gasteiger partial charge in [-0.2, -0.15) is 0 Å². The fraction of sp³-hybridized carbons (Fsp3) is 0.476. The molecule has 6 heteroatoms. The van der Waals surface area contributed by atoms with Gasteiger partial charge in [-0.15, -0.1) is 0 Å². The van der Waals surface area contributed by atoms with Crippen molar-refractivity contribution in [1.82, 2.24) is 4.90 Å². The number of benzene rings is 2. The summed E-state index contributed by atoms with van der Waals surface area (Å²) < 4.78 is 11.2. The van der Waals surface area contributed by atoms with Crippen molar-refractivity contribution in [1.29, 1.82) is 0 Å². The summed E-state index contributed by atoms with van der Waals surface area (Å²) in [6.07, 6.45) is 0.165. The number of hydrogen-bond donors (Lipinski definition) is 2. The quantitative estimate of drug-likeness (QED) is 0.587. The summed E-state index contributed by atoms with van der Waals surface area (Å²) in [6, 6.07) is 13.4. The molecular weight excluding hydrogens is 344 g/mol. The third-order valence-electron chi connectivity index (χ3n) is 4.43. The second-order valence-corrected chi connectivity index (χ2v) is 6.30. The van der Waals surface area contributed by atoms with Crippen molar-refractivity contribution in [3.63, 3.8) is 0 Å². The van der Waals surface area contributed by atoms with E-state index in [0.717, 1.165) is 5.56 Å². The molecule has 2 rings (SSSR count). The number of rotatable bonds is 11. The van der Waals surface area contributed by atoms with Crippen LogP contribution in [0.25, 0.3) is 10.8 Å². The van der Waals surface area contributed by atoms with E-state index < -0.39 is 18.9 Å². The van der Waals surface area contributed by atoms with Gasteiger partial charge in [0.15, 0.2) is 6.29 Å². The number of carbonyl (C=O) groups excluding carboxylic acids is 1. The van der Waals surface area contributed by atoms with Crippen molar-refractivity contribution >= 4 is 16.7 Å². The zero-order valence-electron chi connectivity index (χ0n) is 16.1. The second-order valence-electron chi connectivity index (χ2n) is 6.30. The van der Waals surface area contributed by atoms with Gasteiger partial charge in [-0.25, -0.2) is 0 Å². The lowest BCUT2D eigenvalue weighted by atomic mass is 10.0. The minimum atomic E-state index is -0.943. The van der Waals surface area contributed by atoms with Crippen molar-refractivity contribution in [2.24, 2.45) is 5.73 Å². The van der Waals surface area contributed by atoms with E-state index in [0.29, 0.717) is 26.2 Å². The monoisotopic (exact) mass is 374 g/mol. The molecule has 0 spiro atoms. The lowest BCUT2D eigenvalue weighted by Crippen LogP contribution is -2.49. The third kappa shape index (κ3) is 6.01. The maximum Gasteiger partial charge on any atom is 0.242 e. The molecule has 27 heavy (non-hydrogen) atoms. The number of carbonyl (C=O) groups is 1. The number of amides is 1. The van der Waals surface area contributed by atoms with E-state index in [9.17, 15) is 9.90 Å². The molecule has 1 atom stereocenters. The average molecular weight is 374 g/mol. The van der Waals surface area contributed by atoms with Gasteiger partial charge in [0.2, 0.25) is 5.91 Å². The molecule has 0 heterocycles. The van der Waals surface area contributed by atoms with Crippen molar-refractivity contribution in [3.8, 4) is 0 Å². The lowest BCUT2D eigenvalue weighted by molar-refractivity contribution is -0.159. The SMILES string of the molecule is CCOC(CN(CCc1cccc2ccccc12)C(=O)[C@@H](N)CO)OCC. The van der Waals surface area contributed by atoms with Crippen LogP contribution in [0.15, 0.2) is 42.5 Å². The zero-order chi connectivity index (χ0) is 19.6. The van der Waals surface area contributed by atoms with Crippen LogP contribution in [0.3, 0.4) is 0 Å². The minimum Gasteiger partial charge on any atom is -0.394 e. The molecule has 0 aliphatic carbocycles. The molecule has 0 aliphatic heterocycles. The Hall–Kier alpha value is -1.99. The Kier molecular flexibility index (Phi) is 8.67. The molecule has 0 radical (unpaired) electrons. The van der Waals surface area contributed by atoms with E-state index >= 15 is 0 Å². The summed E-state index contributed by atoms with van der Waals surface area (Å²) in [4.78, 5) is 14.3. The number of hydrogen-bond acceptors (Lipinski definition) is 5. The molecule has 6 nitrogen and oxygen atoms in total. The first-order chi connectivity index (χ1) is 13.1. The molecule has 0 saturated carbocycles. The molecule has 0 saturated heterocycles. The maximum absolute atomic E-state index is 12.6. The molecule has 3 N–H and O–H groups in total. The van der Waals surface area contributed by atoms with Gasteiger partial charge in [0.05, 0.1) is 13.2 Å². The molecule has 1 amide bonds. The van der Waals surface area contributed by atoms with Crippen molar-refractivity contribution < 1.29 is 19.4 Å². The number of nitrogens with zero attached hydrogens (tertiary/aromatic N) is 1. The maximum atomic E-state index is 12.6. The van der Waals surface area contributed by atoms with Gasteiger partial charge in [-0.05, 0) is 36.6 Å². The molecular formula is C21H30N2O4. The summed E-state index contributed by atoms with van der Waals surface area (Å²) in [5.74, 6) is -0.304. The van der Waals surface area contributed by atoms with Gasteiger partial charge in [0, 0.05) is 19.8 Å². The Balaban J connectivity index is 2.16. The second kappa shape index (κ2) is 11.0. The highest BCUT2D eigenvalue weighted by Crippen LogP contribution is 2.19. The first-order valence-corrected chi connectivity index (χ1v) is 9.45. The predicted octanol–water partition coefficient (Wildman–Crippen LogP) is 1.93. The van der Waals surface area contributed by atoms with Gasteiger partial charge in [0.1, 0.15) is 6.04 Å². The number of aliphatic hydroxyl groups excluding tert-OH is 1. The fourth-order valence-corrected chi connectivity index (χ4v) is 3.08. The highest BCUT2D eigenvalue weighted by atomic mass is 16.7. The molecule has 0 bridgehead atoms. The number of aliphatic hydroxyl groups is 1. The van der Waals surface area contributed by atoms with Crippen LogP contribution < -0.4 is 5.73 Å². The van der Waals surface area contributed by atoms with Crippen LogP contribution in [-0.2, 0) is 20.7 Å². The molecule has 0 fully saturated rings. The Morgan fingerprint density at radius 3 is 2.44 bits per heavy atom. The molecule has 0 aliphatic rings. The summed E-state index contributed by atoms with van der Waals surface area (Å²) >= 11 is 0. The van der Waals surface area contributed by atoms with E-state index in [1.54, 1.807) is 4.90 Å². The van der Waals surface area contributed by atoms with E-state index in [2.05, 4.69) is 24.3 Å². The smallest absolute Gasteiger partial charge is 0.242 e. The molecule has 2 aromatic carbocycles. The van der Waals surface area contributed by atoms with E-state index in [-0.39, 0.29) is 12.5 Å². The lowest BCUT2D eigenvalue weighted by Gasteiger charge is -2.29. The molecule has 2 aromatic rings. The van der Waals surface area contributed by atoms with Crippen LogP contribution in [0, 0.1) is 0 Å². The van der Waals surface area contributed by atoms with Gasteiger partial charge >= 0.3 is 0 Å². The van der Waals surface area contributed by atoms with Gasteiger partial charge in [-0.3, -0.25) is 4.79 Å². The van der Waals surface area contributed by atoms with Crippen molar-refractivity contribution in [3.05, 3.63) is 48.0 Å². The van der Waals surface area contributed by atoms with E-state index in [1.165, 1.54) is 10.8 Å². The molecule has 0 aromatic heterocycles. The third-order valence-corrected chi connectivity index (χ3v) is 4.43. The van der Waals surface area contributed by atoms with Crippen LogP contribution in [0.2, 0.25) is 0 Å². The summed E-state index contributed by atoms with van der Waals surface area (Å²) in [5.41, 5.74) is 6.94. The summed E-state index contributed by atoms with van der Waals surface area (Å²) in [5, 5.41) is 11.6. The Bertz CT molecular complexity index is 711. The van der Waals surface area contributed by atoms with Crippen LogP contribution in [0.5, 0.6) is 0 Å². The first kappa shape index (κ1) is 21.3. The highest BCUT2D eigenvalue weighted by molar-refractivity contribution is 5.86. The average Bonchev–Trinajstić information content (AvgIpc) is 2.70. The number of fused-ring (bicyclic) bond motifs is 1. The largest absolute Gasteiger partial charge is 0.394 e. The van der Waals surface area contributed by atoms with E-state index in [4.69, 9.17) is 15.2 Å². The Morgan fingerprint density at radius 1 is 1.11 bits per heavy atom. The molecule has 148 valence electrons. The first-order valence-electron chi connectivity index (χ1n) is 9.45. The zero-order valence-corrected chi connectivity index (χ0v) is 16.1. The standard InChI is InChI=1S/C21H30N2O4/c1-3-26-20(27-4-2)14-23(21(25)19(22)15-24)13-12-17-10-7-9-16-8-5-6-11-18(16)17/h5-11,19-20,24H,3-4,12-15,22H2,1-2H3/t19-/m0/s1.